The number of carbonyl (C=O) groups is 2. The predicted octanol–water partition coefficient (Wildman–Crippen LogP) is 4.04. The standard InChI is InChI=1S/C28H37N3O4/c1-19-15-31(16-21-8-6-5-7-9-21)20(2)18-35-25-14-23(29-27(32)22-10-11-22)12-13-24(25)28(33)30(3)17-26(19)34-4/h5-9,12-14,19-20,22,26H,10-11,15-18H2,1-4H3,(H,29,32)/t19-,20-,26-/m1/s1. The average molecular weight is 480 g/mol. The maximum atomic E-state index is 13.4. The first-order valence-corrected chi connectivity index (χ1v) is 12.5. The van der Waals surface area contributed by atoms with Gasteiger partial charge < -0.3 is 19.7 Å². The van der Waals surface area contributed by atoms with Gasteiger partial charge in [0.2, 0.25) is 5.91 Å². The van der Waals surface area contributed by atoms with Crippen LogP contribution in [0.5, 0.6) is 5.75 Å². The normalized spacial score (nSPS) is 24.1. The highest BCUT2D eigenvalue weighted by Crippen LogP contribution is 2.32. The highest BCUT2D eigenvalue weighted by molar-refractivity contribution is 5.99. The Morgan fingerprint density at radius 3 is 2.54 bits per heavy atom. The molecule has 188 valence electrons. The topological polar surface area (TPSA) is 71.1 Å². The number of benzene rings is 2. The molecule has 0 aromatic heterocycles. The number of methoxy groups -OCH3 is 1. The van der Waals surface area contributed by atoms with Crippen LogP contribution in [-0.4, -0.2) is 67.6 Å². The number of carbonyl (C=O) groups excluding carboxylic acids is 2. The predicted molar refractivity (Wildman–Crippen MR) is 137 cm³/mol. The highest BCUT2D eigenvalue weighted by Gasteiger charge is 2.31. The van der Waals surface area contributed by atoms with E-state index in [0.29, 0.717) is 30.2 Å². The van der Waals surface area contributed by atoms with E-state index in [-0.39, 0.29) is 35.8 Å². The van der Waals surface area contributed by atoms with Gasteiger partial charge in [-0.2, -0.15) is 0 Å². The lowest BCUT2D eigenvalue weighted by molar-refractivity contribution is -0.117. The van der Waals surface area contributed by atoms with E-state index in [9.17, 15) is 9.59 Å². The van der Waals surface area contributed by atoms with Gasteiger partial charge in [0, 0.05) is 57.5 Å². The number of anilines is 1. The van der Waals surface area contributed by atoms with Crippen molar-refractivity contribution in [1.82, 2.24) is 9.80 Å². The van der Waals surface area contributed by atoms with Gasteiger partial charge in [0.15, 0.2) is 0 Å². The van der Waals surface area contributed by atoms with Gasteiger partial charge in [0.1, 0.15) is 12.4 Å². The Morgan fingerprint density at radius 1 is 1.11 bits per heavy atom. The molecular weight excluding hydrogens is 442 g/mol. The van der Waals surface area contributed by atoms with Gasteiger partial charge in [0.05, 0.1) is 11.7 Å². The number of nitrogens with zero attached hydrogens (tertiary/aromatic N) is 2. The summed E-state index contributed by atoms with van der Waals surface area (Å²) in [5.41, 5.74) is 2.38. The molecule has 2 amide bonds. The van der Waals surface area contributed by atoms with Gasteiger partial charge >= 0.3 is 0 Å². The van der Waals surface area contributed by atoms with Gasteiger partial charge in [-0.1, -0.05) is 37.3 Å². The molecule has 0 saturated heterocycles. The summed E-state index contributed by atoms with van der Waals surface area (Å²) in [7, 11) is 3.51. The molecule has 1 fully saturated rings. The molecule has 0 spiro atoms. The molecule has 1 N–H and O–H groups in total. The third-order valence-corrected chi connectivity index (χ3v) is 7.02. The molecular formula is C28H37N3O4. The molecule has 2 aromatic carbocycles. The van der Waals surface area contributed by atoms with Gasteiger partial charge in [0.25, 0.3) is 5.91 Å². The molecule has 7 heteroatoms. The summed E-state index contributed by atoms with van der Waals surface area (Å²) in [6.45, 7) is 6.82. The SMILES string of the molecule is CO[C@@H]1CN(C)C(=O)c2ccc(NC(=O)C3CC3)cc2OC[C@@H](C)N(Cc2ccccc2)C[C@H]1C. The first-order chi connectivity index (χ1) is 16.9. The average Bonchev–Trinajstić information content (AvgIpc) is 3.71. The van der Waals surface area contributed by atoms with Crippen molar-refractivity contribution in [3.8, 4) is 5.75 Å². The van der Waals surface area contributed by atoms with Crippen LogP contribution in [0.15, 0.2) is 48.5 Å². The molecule has 1 aliphatic carbocycles. The maximum Gasteiger partial charge on any atom is 0.257 e. The monoisotopic (exact) mass is 479 g/mol. The molecule has 3 atom stereocenters. The Labute approximate surface area is 208 Å². The lowest BCUT2D eigenvalue weighted by Crippen LogP contribution is -2.46. The molecule has 35 heavy (non-hydrogen) atoms. The summed E-state index contributed by atoms with van der Waals surface area (Å²) in [5, 5.41) is 2.97. The minimum atomic E-state index is -0.122. The van der Waals surface area contributed by atoms with Crippen molar-refractivity contribution in [3.63, 3.8) is 0 Å². The molecule has 2 aliphatic rings. The fourth-order valence-corrected chi connectivity index (χ4v) is 4.55. The first kappa shape index (κ1) is 25.2. The van der Waals surface area contributed by atoms with Gasteiger partial charge in [-0.15, -0.1) is 0 Å². The second-order valence-corrected chi connectivity index (χ2v) is 9.99. The Balaban J connectivity index is 1.62. The largest absolute Gasteiger partial charge is 0.491 e. The van der Waals surface area contributed by atoms with E-state index in [1.165, 1.54) is 5.56 Å². The quantitative estimate of drug-likeness (QED) is 0.701. The van der Waals surface area contributed by atoms with Crippen molar-refractivity contribution in [2.24, 2.45) is 11.8 Å². The Bertz CT molecular complexity index is 1020. The number of hydrogen-bond donors (Lipinski definition) is 1. The van der Waals surface area contributed by atoms with Crippen molar-refractivity contribution in [2.45, 2.75) is 45.4 Å². The van der Waals surface area contributed by atoms with E-state index in [1.54, 1.807) is 37.3 Å². The zero-order valence-electron chi connectivity index (χ0n) is 21.2. The summed E-state index contributed by atoms with van der Waals surface area (Å²) in [6, 6.07) is 15.8. The van der Waals surface area contributed by atoms with Gasteiger partial charge in [-0.25, -0.2) is 0 Å². The summed E-state index contributed by atoms with van der Waals surface area (Å²) < 4.78 is 12.1. The van der Waals surface area contributed by atoms with Crippen LogP contribution in [-0.2, 0) is 16.1 Å². The molecule has 0 bridgehead atoms. The lowest BCUT2D eigenvalue weighted by atomic mass is 10.0. The first-order valence-electron chi connectivity index (χ1n) is 12.5. The minimum absolute atomic E-state index is 0.0286. The maximum absolute atomic E-state index is 13.4. The second kappa shape index (κ2) is 11.2. The van der Waals surface area contributed by atoms with Crippen LogP contribution in [0.3, 0.4) is 0 Å². The smallest absolute Gasteiger partial charge is 0.257 e. The lowest BCUT2D eigenvalue weighted by Gasteiger charge is -2.36. The van der Waals surface area contributed by atoms with Crippen molar-refractivity contribution in [3.05, 3.63) is 59.7 Å². The zero-order valence-corrected chi connectivity index (χ0v) is 21.2. The third-order valence-electron chi connectivity index (χ3n) is 7.02. The Hall–Kier alpha value is -2.90. The molecule has 0 unspecified atom stereocenters. The van der Waals surface area contributed by atoms with E-state index in [2.05, 4.69) is 48.3 Å². The van der Waals surface area contributed by atoms with E-state index in [4.69, 9.17) is 9.47 Å². The fraction of sp³-hybridized carbons (Fsp3) is 0.500. The molecule has 4 rings (SSSR count). The van der Waals surface area contributed by atoms with Crippen LogP contribution in [0, 0.1) is 11.8 Å². The van der Waals surface area contributed by atoms with E-state index < -0.39 is 0 Å². The van der Waals surface area contributed by atoms with Crippen LogP contribution in [0.25, 0.3) is 0 Å². The number of amides is 2. The Morgan fingerprint density at radius 2 is 1.86 bits per heavy atom. The Kier molecular flexibility index (Phi) is 8.08. The van der Waals surface area contributed by atoms with E-state index in [0.717, 1.165) is 25.9 Å². The fourth-order valence-electron chi connectivity index (χ4n) is 4.55. The number of likely N-dealkylation sites (N-methyl/N-ethyl adjacent to an activating group) is 1. The molecule has 1 aliphatic heterocycles. The van der Waals surface area contributed by atoms with Gasteiger partial charge in [-0.05, 0) is 43.4 Å². The summed E-state index contributed by atoms with van der Waals surface area (Å²) in [4.78, 5) is 29.7. The molecule has 7 nitrogen and oxygen atoms in total. The number of hydrogen-bond acceptors (Lipinski definition) is 5. The highest BCUT2D eigenvalue weighted by atomic mass is 16.5. The van der Waals surface area contributed by atoms with E-state index in [1.807, 2.05) is 6.07 Å². The molecule has 2 aromatic rings. The van der Waals surface area contributed by atoms with Crippen molar-refractivity contribution in [1.29, 1.82) is 0 Å². The summed E-state index contributed by atoms with van der Waals surface area (Å²) in [6.07, 6.45) is 1.77. The molecule has 0 radical (unpaired) electrons. The number of nitrogens with one attached hydrogen (secondary N) is 1. The minimum Gasteiger partial charge on any atom is -0.491 e. The number of fused-ring (bicyclic) bond motifs is 1. The van der Waals surface area contributed by atoms with Crippen molar-refractivity contribution >= 4 is 17.5 Å². The van der Waals surface area contributed by atoms with Gasteiger partial charge in [-0.3, -0.25) is 14.5 Å². The van der Waals surface area contributed by atoms with E-state index >= 15 is 0 Å². The van der Waals surface area contributed by atoms with Crippen molar-refractivity contribution < 1.29 is 19.1 Å². The van der Waals surface area contributed by atoms with Crippen LogP contribution in [0.2, 0.25) is 0 Å². The third kappa shape index (κ3) is 6.41. The van der Waals surface area contributed by atoms with Crippen LogP contribution in [0.4, 0.5) is 5.69 Å². The summed E-state index contributed by atoms with van der Waals surface area (Å²) in [5.74, 6) is 0.707. The number of rotatable bonds is 5. The second-order valence-electron chi connectivity index (χ2n) is 9.99. The number of ether oxygens (including phenoxy) is 2. The van der Waals surface area contributed by atoms with Crippen LogP contribution < -0.4 is 10.1 Å². The molecule has 1 saturated carbocycles. The van der Waals surface area contributed by atoms with Crippen LogP contribution in [0.1, 0.15) is 42.6 Å². The van der Waals surface area contributed by atoms with Crippen molar-refractivity contribution in [2.75, 3.05) is 39.2 Å². The summed E-state index contributed by atoms with van der Waals surface area (Å²) >= 11 is 0. The van der Waals surface area contributed by atoms with Crippen LogP contribution >= 0.6 is 0 Å². The molecule has 1 heterocycles. The zero-order chi connectivity index (χ0) is 24.9.